The number of benzene rings is 1. The molecule has 6 nitrogen and oxygen atoms in total. The number of rotatable bonds is 8. The van der Waals surface area contributed by atoms with Gasteiger partial charge in [0, 0.05) is 31.5 Å². The van der Waals surface area contributed by atoms with Gasteiger partial charge in [-0.15, -0.1) is 0 Å². The van der Waals surface area contributed by atoms with Crippen molar-refractivity contribution in [1.29, 1.82) is 0 Å². The summed E-state index contributed by atoms with van der Waals surface area (Å²) in [6.07, 6.45) is 0.632. The van der Waals surface area contributed by atoms with Crippen molar-refractivity contribution in [3.8, 4) is 0 Å². The van der Waals surface area contributed by atoms with Crippen LogP contribution >= 0.6 is 0 Å². The summed E-state index contributed by atoms with van der Waals surface area (Å²) >= 11 is 0. The van der Waals surface area contributed by atoms with Gasteiger partial charge in [0.15, 0.2) is 0 Å². The second-order valence-corrected chi connectivity index (χ2v) is 3.98. The number of esters is 1. The minimum atomic E-state index is -0.434. The highest BCUT2D eigenvalue weighted by Crippen LogP contribution is 2.14. The molecule has 0 aliphatic heterocycles. The molecule has 0 spiro atoms. The van der Waals surface area contributed by atoms with E-state index in [4.69, 9.17) is 25.7 Å². The Morgan fingerprint density at radius 3 is 2.37 bits per heavy atom. The first-order valence-corrected chi connectivity index (χ1v) is 6.03. The highest BCUT2D eigenvalue weighted by atomic mass is 16.5. The van der Waals surface area contributed by atoms with Crippen molar-refractivity contribution >= 4 is 17.3 Å². The first kappa shape index (κ1) is 15.3. The van der Waals surface area contributed by atoms with Crippen LogP contribution in [-0.2, 0) is 14.2 Å². The zero-order valence-corrected chi connectivity index (χ0v) is 11.1. The van der Waals surface area contributed by atoms with Gasteiger partial charge < -0.3 is 25.7 Å². The molecule has 19 heavy (non-hydrogen) atoms. The second kappa shape index (κ2) is 8.34. The third-order valence-corrected chi connectivity index (χ3v) is 2.31. The highest BCUT2D eigenvalue weighted by Gasteiger charge is 2.08. The molecule has 0 heterocycles. The van der Waals surface area contributed by atoms with Crippen LogP contribution in [-0.4, -0.2) is 39.5 Å². The second-order valence-electron chi connectivity index (χ2n) is 3.98. The van der Waals surface area contributed by atoms with E-state index in [1.807, 2.05) is 0 Å². The summed E-state index contributed by atoms with van der Waals surface area (Å²) in [5, 5.41) is 0. The molecule has 0 bridgehead atoms. The fraction of sp³-hybridized carbons (Fsp3) is 0.462. The summed E-state index contributed by atoms with van der Waals surface area (Å²) in [7, 11) is 1.61. The maximum Gasteiger partial charge on any atom is 0.338 e. The predicted molar refractivity (Wildman–Crippen MR) is 72.9 cm³/mol. The average Bonchev–Trinajstić information content (AvgIpc) is 2.36. The lowest BCUT2D eigenvalue weighted by Crippen LogP contribution is -2.10. The maximum absolute atomic E-state index is 11.7. The van der Waals surface area contributed by atoms with E-state index in [0.29, 0.717) is 49.8 Å². The number of hydrogen-bond donors (Lipinski definition) is 2. The Morgan fingerprint density at radius 1 is 1.05 bits per heavy atom. The van der Waals surface area contributed by atoms with Crippen LogP contribution in [0.4, 0.5) is 11.4 Å². The summed E-state index contributed by atoms with van der Waals surface area (Å²) in [6.45, 7) is 1.91. The minimum absolute atomic E-state index is 0.292. The molecule has 0 aromatic heterocycles. The molecule has 0 saturated heterocycles. The lowest BCUT2D eigenvalue weighted by molar-refractivity contribution is 0.0385. The van der Waals surface area contributed by atoms with E-state index in [0.717, 1.165) is 0 Å². The van der Waals surface area contributed by atoms with Gasteiger partial charge >= 0.3 is 5.97 Å². The van der Waals surface area contributed by atoms with Gasteiger partial charge in [-0.25, -0.2) is 4.79 Å². The van der Waals surface area contributed by atoms with E-state index in [9.17, 15) is 4.79 Å². The molecule has 0 radical (unpaired) electrons. The molecular weight excluding hydrogens is 248 g/mol. The molecule has 0 aliphatic rings. The zero-order chi connectivity index (χ0) is 14.1. The Kier molecular flexibility index (Phi) is 6.70. The van der Waals surface area contributed by atoms with Crippen molar-refractivity contribution in [1.82, 2.24) is 0 Å². The van der Waals surface area contributed by atoms with Crippen molar-refractivity contribution < 1.29 is 19.0 Å². The molecule has 0 aliphatic carbocycles. The van der Waals surface area contributed by atoms with Crippen LogP contribution in [0.15, 0.2) is 18.2 Å². The summed E-state index contributed by atoms with van der Waals surface area (Å²) < 4.78 is 15.2. The highest BCUT2D eigenvalue weighted by molar-refractivity contribution is 5.91. The molecule has 0 fully saturated rings. The van der Waals surface area contributed by atoms with Gasteiger partial charge in [0.25, 0.3) is 0 Å². The molecule has 0 saturated carbocycles. The van der Waals surface area contributed by atoms with Crippen LogP contribution in [0.2, 0.25) is 0 Å². The van der Waals surface area contributed by atoms with E-state index < -0.39 is 5.97 Å². The third-order valence-electron chi connectivity index (χ3n) is 2.31. The molecule has 1 rings (SSSR count). The standard InChI is InChI=1S/C13H20N2O4/c1-17-5-6-18-3-2-4-19-13(16)10-7-11(14)9-12(15)8-10/h7-9H,2-6,14-15H2,1H3. The Hall–Kier alpha value is -1.79. The van der Waals surface area contributed by atoms with Crippen LogP contribution in [0.3, 0.4) is 0 Å². The molecule has 1 aromatic rings. The van der Waals surface area contributed by atoms with Gasteiger partial charge in [-0.3, -0.25) is 0 Å². The molecule has 1 aromatic carbocycles. The molecule has 4 N–H and O–H groups in total. The van der Waals surface area contributed by atoms with E-state index in [2.05, 4.69) is 0 Å². The normalized spacial score (nSPS) is 10.4. The lowest BCUT2D eigenvalue weighted by atomic mass is 10.2. The van der Waals surface area contributed by atoms with Gasteiger partial charge in [0.05, 0.1) is 25.4 Å². The monoisotopic (exact) mass is 268 g/mol. The molecule has 106 valence electrons. The number of carbonyl (C=O) groups is 1. The number of methoxy groups -OCH3 is 1. The zero-order valence-electron chi connectivity index (χ0n) is 11.1. The van der Waals surface area contributed by atoms with Gasteiger partial charge in [0.2, 0.25) is 0 Å². The van der Waals surface area contributed by atoms with Crippen molar-refractivity contribution in [2.45, 2.75) is 6.42 Å². The van der Waals surface area contributed by atoms with Gasteiger partial charge in [0.1, 0.15) is 0 Å². The van der Waals surface area contributed by atoms with E-state index >= 15 is 0 Å². The van der Waals surface area contributed by atoms with Crippen LogP contribution in [0.5, 0.6) is 0 Å². The fourth-order valence-corrected chi connectivity index (χ4v) is 1.45. The minimum Gasteiger partial charge on any atom is -0.462 e. The molecule has 0 amide bonds. The smallest absolute Gasteiger partial charge is 0.338 e. The Bertz CT molecular complexity index is 389. The average molecular weight is 268 g/mol. The molecule has 0 unspecified atom stereocenters. The topological polar surface area (TPSA) is 96.8 Å². The van der Waals surface area contributed by atoms with E-state index in [1.54, 1.807) is 13.2 Å². The number of carbonyl (C=O) groups excluding carboxylic acids is 1. The number of hydrogen-bond acceptors (Lipinski definition) is 6. The summed E-state index contributed by atoms with van der Waals surface area (Å²) in [6, 6.07) is 4.65. The fourth-order valence-electron chi connectivity index (χ4n) is 1.45. The Balaban J connectivity index is 2.24. The molecule has 0 atom stereocenters. The van der Waals surface area contributed by atoms with Gasteiger partial charge in [-0.05, 0) is 18.2 Å². The van der Waals surface area contributed by atoms with Crippen molar-refractivity contribution in [3.63, 3.8) is 0 Å². The summed E-state index contributed by atoms with van der Waals surface area (Å²) in [4.78, 5) is 11.7. The van der Waals surface area contributed by atoms with E-state index in [-0.39, 0.29) is 0 Å². The quantitative estimate of drug-likeness (QED) is 0.416. The molecule has 6 heteroatoms. The Labute approximate surface area is 112 Å². The van der Waals surface area contributed by atoms with Crippen LogP contribution in [0.25, 0.3) is 0 Å². The maximum atomic E-state index is 11.7. The van der Waals surface area contributed by atoms with Crippen molar-refractivity contribution in [2.75, 3.05) is 45.0 Å². The first-order valence-electron chi connectivity index (χ1n) is 6.03. The molecular formula is C13H20N2O4. The van der Waals surface area contributed by atoms with Crippen molar-refractivity contribution in [2.24, 2.45) is 0 Å². The largest absolute Gasteiger partial charge is 0.462 e. The van der Waals surface area contributed by atoms with Crippen LogP contribution in [0.1, 0.15) is 16.8 Å². The predicted octanol–water partition coefficient (Wildman–Crippen LogP) is 1.06. The van der Waals surface area contributed by atoms with E-state index in [1.165, 1.54) is 12.1 Å². The SMILES string of the molecule is COCCOCCCOC(=O)c1cc(N)cc(N)c1. The van der Waals surface area contributed by atoms with Crippen LogP contribution < -0.4 is 11.5 Å². The van der Waals surface area contributed by atoms with Gasteiger partial charge in [-0.1, -0.05) is 0 Å². The number of nitrogen functional groups attached to an aromatic ring is 2. The summed E-state index contributed by atoms with van der Waals surface area (Å²) in [5.74, 6) is -0.434. The Morgan fingerprint density at radius 2 is 1.74 bits per heavy atom. The van der Waals surface area contributed by atoms with Crippen LogP contribution in [0, 0.1) is 0 Å². The first-order chi connectivity index (χ1) is 9.13. The number of ether oxygens (including phenoxy) is 3. The number of nitrogens with two attached hydrogens (primary N) is 2. The van der Waals surface area contributed by atoms with Crippen molar-refractivity contribution in [3.05, 3.63) is 23.8 Å². The lowest BCUT2D eigenvalue weighted by Gasteiger charge is -2.07. The summed E-state index contributed by atoms with van der Waals surface area (Å²) in [5.41, 5.74) is 12.4. The number of anilines is 2. The third kappa shape index (κ3) is 6.08. The van der Waals surface area contributed by atoms with Gasteiger partial charge in [-0.2, -0.15) is 0 Å².